The molecule has 206 valence electrons. The summed E-state index contributed by atoms with van der Waals surface area (Å²) in [6.07, 6.45) is 7.97. The summed E-state index contributed by atoms with van der Waals surface area (Å²) in [5, 5.41) is 9.46. The quantitative estimate of drug-likeness (QED) is 0.426. The van der Waals surface area contributed by atoms with Gasteiger partial charge in [-0.15, -0.1) is 0 Å². The van der Waals surface area contributed by atoms with Crippen LogP contribution in [-0.2, 0) is 26.7 Å². The molecule has 1 amide bonds. The van der Waals surface area contributed by atoms with Crippen molar-refractivity contribution in [2.45, 2.75) is 68.1 Å². The number of amides is 1. The van der Waals surface area contributed by atoms with Crippen LogP contribution in [0.5, 0.6) is 0 Å². The van der Waals surface area contributed by atoms with E-state index in [1.807, 2.05) is 18.2 Å². The summed E-state index contributed by atoms with van der Waals surface area (Å²) in [7, 11) is -3.26. The fourth-order valence-electron chi connectivity index (χ4n) is 5.98. The summed E-state index contributed by atoms with van der Waals surface area (Å²) < 4.78 is 42.3. The number of piperazine rings is 1. The van der Waals surface area contributed by atoms with Gasteiger partial charge in [0.25, 0.3) is 0 Å². The number of hydrogen-bond acceptors (Lipinski definition) is 6. The highest BCUT2D eigenvalue weighted by atomic mass is 32.2. The predicted molar refractivity (Wildman–Crippen MR) is 146 cm³/mol. The number of nitrogens with one attached hydrogen (secondary N) is 3. The molecule has 1 aromatic heterocycles. The van der Waals surface area contributed by atoms with E-state index in [9.17, 15) is 17.6 Å². The highest BCUT2D eigenvalue weighted by molar-refractivity contribution is 7.90. The van der Waals surface area contributed by atoms with Crippen molar-refractivity contribution in [1.82, 2.24) is 19.9 Å². The minimum atomic E-state index is -3.26. The molecule has 10 heteroatoms. The number of pyridine rings is 1. The maximum atomic E-state index is 14.9. The molecule has 3 N–H and O–H groups in total. The lowest BCUT2D eigenvalue weighted by atomic mass is 9.72. The van der Waals surface area contributed by atoms with Gasteiger partial charge in [-0.2, -0.15) is 4.31 Å². The van der Waals surface area contributed by atoms with Crippen molar-refractivity contribution >= 4 is 21.6 Å². The lowest BCUT2D eigenvalue weighted by Gasteiger charge is -2.38. The van der Waals surface area contributed by atoms with Crippen LogP contribution in [-0.4, -0.2) is 67.6 Å². The number of anilines is 1. The second-order valence-corrected chi connectivity index (χ2v) is 13.1. The van der Waals surface area contributed by atoms with Crippen molar-refractivity contribution in [3.05, 3.63) is 59.7 Å². The molecule has 2 unspecified atom stereocenters. The SMILES string of the molecule is O=C(CC1(c2ccccc2)CCCNC1)Nc1cncc(F)c1CCCC1CNCCN1S(=O)(=O)C1CC1. The second kappa shape index (κ2) is 11.8. The van der Waals surface area contributed by atoms with Crippen LogP contribution in [0, 0.1) is 5.82 Å². The van der Waals surface area contributed by atoms with Crippen LogP contribution in [0.15, 0.2) is 42.7 Å². The number of carbonyl (C=O) groups excluding carboxylic acids is 1. The molecule has 1 aliphatic carbocycles. The number of rotatable bonds is 10. The molecule has 1 aromatic carbocycles. The first-order chi connectivity index (χ1) is 18.4. The molecule has 2 aliphatic heterocycles. The molecule has 0 spiro atoms. The zero-order chi connectivity index (χ0) is 26.6. The largest absolute Gasteiger partial charge is 0.324 e. The van der Waals surface area contributed by atoms with Crippen LogP contribution in [0.1, 0.15) is 56.1 Å². The van der Waals surface area contributed by atoms with E-state index in [1.165, 1.54) is 12.4 Å². The summed E-state index contributed by atoms with van der Waals surface area (Å²) in [6.45, 7) is 3.38. The van der Waals surface area contributed by atoms with Crippen molar-refractivity contribution in [2.24, 2.45) is 0 Å². The molecule has 38 heavy (non-hydrogen) atoms. The van der Waals surface area contributed by atoms with Crippen molar-refractivity contribution in [1.29, 1.82) is 0 Å². The molecule has 8 nitrogen and oxygen atoms in total. The Morgan fingerprint density at radius 1 is 1.16 bits per heavy atom. The van der Waals surface area contributed by atoms with Gasteiger partial charge in [0.15, 0.2) is 0 Å². The normalized spacial score (nSPS) is 24.7. The van der Waals surface area contributed by atoms with Crippen LogP contribution in [0.3, 0.4) is 0 Å². The number of hydrogen-bond donors (Lipinski definition) is 3. The van der Waals surface area contributed by atoms with Gasteiger partial charge in [0.05, 0.1) is 23.3 Å². The summed E-state index contributed by atoms with van der Waals surface area (Å²) >= 11 is 0. The third-order valence-electron chi connectivity index (χ3n) is 8.17. The number of piperidine rings is 1. The van der Waals surface area contributed by atoms with E-state index < -0.39 is 15.8 Å². The zero-order valence-corrected chi connectivity index (χ0v) is 22.6. The fourth-order valence-corrected chi connectivity index (χ4v) is 8.04. The van der Waals surface area contributed by atoms with Crippen molar-refractivity contribution in [2.75, 3.05) is 38.0 Å². The van der Waals surface area contributed by atoms with E-state index in [4.69, 9.17) is 0 Å². The smallest absolute Gasteiger partial charge is 0.225 e. The predicted octanol–water partition coefficient (Wildman–Crippen LogP) is 2.96. The summed E-state index contributed by atoms with van der Waals surface area (Å²) in [5.74, 6) is -0.617. The fraction of sp³-hybridized carbons (Fsp3) is 0.571. The zero-order valence-electron chi connectivity index (χ0n) is 21.8. The highest BCUT2D eigenvalue weighted by Gasteiger charge is 2.43. The molecule has 3 fully saturated rings. The summed E-state index contributed by atoms with van der Waals surface area (Å²) in [6, 6.07) is 9.97. The molecule has 3 aliphatic rings. The second-order valence-electron chi connectivity index (χ2n) is 10.9. The molecule has 3 heterocycles. The summed E-state index contributed by atoms with van der Waals surface area (Å²) in [4.78, 5) is 17.3. The molecule has 5 rings (SSSR count). The van der Waals surface area contributed by atoms with Gasteiger partial charge in [-0.05, 0) is 57.1 Å². The first-order valence-corrected chi connectivity index (χ1v) is 15.3. The van der Waals surface area contributed by atoms with E-state index in [2.05, 4.69) is 33.1 Å². The van der Waals surface area contributed by atoms with Gasteiger partial charge in [-0.1, -0.05) is 30.3 Å². The number of halogens is 1. The lowest BCUT2D eigenvalue weighted by Crippen LogP contribution is -2.54. The van der Waals surface area contributed by atoms with E-state index in [0.717, 1.165) is 37.8 Å². The summed E-state index contributed by atoms with van der Waals surface area (Å²) in [5.41, 5.74) is 1.64. The Balaban J connectivity index is 1.24. The molecular weight excluding hydrogens is 505 g/mol. The Bertz CT molecular complexity index is 1220. The maximum Gasteiger partial charge on any atom is 0.225 e. The van der Waals surface area contributed by atoms with E-state index in [0.29, 0.717) is 63.1 Å². The van der Waals surface area contributed by atoms with E-state index in [1.54, 1.807) is 4.31 Å². The van der Waals surface area contributed by atoms with Gasteiger partial charge in [0.1, 0.15) is 5.82 Å². The Kier molecular flexibility index (Phi) is 8.42. The number of benzene rings is 1. The monoisotopic (exact) mass is 543 g/mol. The van der Waals surface area contributed by atoms with Gasteiger partial charge >= 0.3 is 0 Å². The highest BCUT2D eigenvalue weighted by Crippen LogP contribution is 2.36. The molecular formula is C28H38FN5O3S. The number of aromatic nitrogens is 1. The van der Waals surface area contributed by atoms with Gasteiger partial charge in [0.2, 0.25) is 15.9 Å². The molecule has 1 saturated carbocycles. The first kappa shape index (κ1) is 27.2. The van der Waals surface area contributed by atoms with Crippen molar-refractivity contribution in [3.63, 3.8) is 0 Å². The van der Waals surface area contributed by atoms with Crippen LogP contribution < -0.4 is 16.0 Å². The molecule has 2 saturated heterocycles. The van der Waals surface area contributed by atoms with Crippen LogP contribution in [0.25, 0.3) is 0 Å². The van der Waals surface area contributed by atoms with Crippen LogP contribution in [0.4, 0.5) is 10.1 Å². The maximum absolute atomic E-state index is 14.9. The van der Waals surface area contributed by atoms with Gasteiger partial charge < -0.3 is 16.0 Å². The first-order valence-electron chi connectivity index (χ1n) is 13.8. The topological polar surface area (TPSA) is 103 Å². The molecule has 2 aromatic rings. The lowest BCUT2D eigenvalue weighted by molar-refractivity contribution is -0.117. The number of nitrogens with zero attached hydrogens (tertiary/aromatic N) is 2. The standard InChI is InChI=1S/C28H38FN5O3S/c29-25-18-32-19-26(33-27(35)16-28(12-5-13-31-20-28)21-6-2-1-3-7-21)24(25)9-4-8-22-17-30-14-15-34(22)38(36,37)23-10-11-23/h1-3,6-7,18-19,22-23,30-31H,4-5,8-17,20H2,(H,33,35). The van der Waals surface area contributed by atoms with Crippen molar-refractivity contribution < 1.29 is 17.6 Å². The minimum Gasteiger partial charge on any atom is -0.324 e. The van der Waals surface area contributed by atoms with E-state index in [-0.39, 0.29) is 22.6 Å². The van der Waals surface area contributed by atoms with Gasteiger partial charge in [-0.25, -0.2) is 12.8 Å². The molecule has 2 atom stereocenters. The number of carbonyl (C=O) groups is 1. The Labute approximate surface area is 224 Å². The van der Waals surface area contributed by atoms with Crippen LogP contribution >= 0.6 is 0 Å². The van der Waals surface area contributed by atoms with Gasteiger partial charge in [-0.3, -0.25) is 9.78 Å². The van der Waals surface area contributed by atoms with E-state index >= 15 is 0 Å². The van der Waals surface area contributed by atoms with Crippen LogP contribution in [0.2, 0.25) is 0 Å². The average Bonchev–Trinajstić information content (AvgIpc) is 3.78. The van der Waals surface area contributed by atoms with Gasteiger partial charge in [0, 0.05) is 49.6 Å². The van der Waals surface area contributed by atoms with Crippen molar-refractivity contribution in [3.8, 4) is 0 Å². The molecule has 0 radical (unpaired) electrons. The Morgan fingerprint density at radius 3 is 2.71 bits per heavy atom. The minimum absolute atomic E-state index is 0.137. The number of sulfonamides is 1. The average molecular weight is 544 g/mol. The Hall–Kier alpha value is -2.40. The third-order valence-corrected chi connectivity index (χ3v) is 10.6. The Morgan fingerprint density at radius 2 is 1.97 bits per heavy atom. The molecule has 0 bridgehead atoms. The third kappa shape index (κ3) is 6.09.